The van der Waals surface area contributed by atoms with Gasteiger partial charge in [0, 0.05) is 0 Å². The summed E-state index contributed by atoms with van der Waals surface area (Å²) in [6.07, 6.45) is 5.93. The fourth-order valence-electron chi connectivity index (χ4n) is 1.51. The Hall–Kier alpha value is -0.700. The topological polar surface area (TPSA) is 0 Å². The summed E-state index contributed by atoms with van der Waals surface area (Å²) in [5.41, 5.74) is 7.59. The summed E-state index contributed by atoms with van der Waals surface area (Å²) in [7, 11) is 0. The van der Waals surface area contributed by atoms with E-state index >= 15 is 0 Å². The first-order valence-electron chi connectivity index (χ1n) is 4.87. The SMILES string of the molecule is CC1=C=C=CCC1CCC(C)C. The van der Waals surface area contributed by atoms with Gasteiger partial charge in [-0.25, -0.2) is 0 Å². The van der Waals surface area contributed by atoms with Gasteiger partial charge in [-0.3, -0.25) is 0 Å². The molecule has 0 radical (unpaired) electrons. The first-order chi connectivity index (χ1) is 5.70. The summed E-state index contributed by atoms with van der Waals surface area (Å²) in [6.45, 7) is 6.74. The Morgan fingerprint density at radius 1 is 1.58 bits per heavy atom. The van der Waals surface area contributed by atoms with Crippen LogP contribution >= 0.6 is 0 Å². The van der Waals surface area contributed by atoms with Crippen LogP contribution in [0.2, 0.25) is 0 Å². The van der Waals surface area contributed by atoms with Crippen LogP contribution < -0.4 is 0 Å². The van der Waals surface area contributed by atoms with Crippen molar-refractivity contribution in [2.75, 3.05) is 0 Å². The molecule has 0 aromatic rings. The molecule has 0 heterocycles. The summed E-state index contributed by atoms with van der Waals surface area (Å²) in [6, 6.07) is 0. The van der Waals surface area contributed by atoms with Gasteiger partial charge in [0.05, 0.1) is 0 Å². The van der Waals surface area contributed by atoms with Gasteiger partial charge in [0.25, 0.3) is 0 Å². The van der Waals surface area contributed by atoms with Gasteiger partial charge >= 0.3 is 0 Å². The van der Waals surface area contributed by atoms with E-state index in [2.05, 4.69) is 38.3 Å². The van der Waals surface area contributed by atoms with Crippen molar-refractivity contribution in [1.29, 1.82) is 0 Å². The van der Waals surface area contributed by atoms with Gasteiger partial charge in [-0.1, -0.05) is 31.7 Å². The normalized spacial score (nSPS) is 21.7. The van der Waals surface area contributed by atoms with Gasteiger partial charge in [-0.2, -0.15) is 0 Å². The fraction of sp³-hybridized carbons (Fsp3) is 0.667. The minimum absolute atomic E-state index is 0.744. The molecule has 0 heteroatoms. The highest BCUT2D eigenvalue weighted by Gasteiger charge is 2.11. The second kappa shape index (κ2) is 4.36. The van der Waals surface area contributed by atoms with Gasteiger partial charge in [-0.15, -0.1) is 0 Å². The second-order valence-corrected chi connectivity index (χ2v) is 4.06. The molecule has 1 rings (SSSR count). The maximum Gasteiger partial charge on any atom is -0.00825 e. The lowest BCUT2D eigenvalue weighted by Crippen LogP contribution is -2.03. The average Bonchev–Trinajstić information content (AvgIpc) is 2.03. The first kappa shape index (κ1) is 9.39. The molecule has 0 saturated carbocycles. The van der Waals surface area contributed by atoms with Crippen molar-refractivity contribution in [3.8, 4) is 0 Å². The molecule has 0 nitrogen and oxygen atoms in total. The molecule has 0 aromatic carbocycles. The van der Waals surface area contributed by atoms with Crippen molar-refractivity contribution in [3.63, 3.8) is 0 Å². The Kier molecular flexibility index (Phi) is 3.41. The van der Waals surface area contributed by atoms with Crippen LogP contribution in [-0.4, -0.2) is 0 Å². The van der Waals surface area contributed by atoms with Gasteiger partial charge in [0.2, 0.25) is 0 Å². The van der Waals surface area contributed by atoms with Crippen molar-refractivity contribution in [3.05, 3.63) is 23.1 Å². The van der Waals surface area contributed by atoms with Crippen LogP contribution in [0.5, 0.6) is 0 Å². The molecule has 0 aliphatic heterocycles. The molecule has 0 amide bonds. The standard InChI is InChI=1S/C12H18/c1-10(2)8-9-12-7-5-4-6-11(12)3/h5,10,12H,7-9H2,1-3H3. The Morgan fingerprint density at radius 2 is 2.33 bits per heavy atom. The summed E-state index contributed by atoms with van der Waals surface area (Å²) in [5.74, 6) is 1.57. The van der Waals surface area contributed by atoms with E-state index in [0.29, 0.717) is 0 Å². The van der Waals surface area contributed by atoms with E-state index in [1.54, 1.807) is 0 Å². The monoisotopic (exact) mass is 162 g/mol. The molecule has 0 fully saturated rings. The van der Waals surface area contributed by atoms with E-state index < -0.39 is 0 Å². The van der Waals surface area contributed by atoms with E-state index in [4.69, 9.17) is 0 Å². The van der Waals surface area contributed by atoms with Gasteiger partial charge in [-0.05, 0) is 43.3 Å². The third-order valence-corrected chi connectivity index (χ3v) is 2.48. The predicted molar refractivity (Wildman–Crippen MR) is 53.0 cm³/mol. The second-order valence-electron chi connectivity index (χ2n) is 4.06. The number of allylic oxidation sites excluding steroid dienone is 2. The zero-order valence-corrected chi connectivity index (χ0v) is 8.35. The van der Waals surface area contributed by atoms with Gasteiger partial charge < -0.3 is 0 Å². The third kappa shape index (κ3) is 2.74. The predicted octanol–water partition coefficient (Wildman–Crippen LogP) is 3.70. The zero-order chi connectivity index (χ0) is 8.97. The molecule has 0 bridgehead atoms. The Labute approximate surface area is 75.7 Å². The molecule has 1 aliphatic carbocycles. The van der Waals surface area contributed by atoms with Crippen molar-refractivity contribution >= 4 is 0 Å². The maximum atomic E-state index is 3.17. The van der Waals surface area contributed by atoms with Crippen molar-refractivity contribution in [2.45, 2.75) is 40.0 Å². The van der Waals surface area contributed by atoms with Crippen LogP contribution in [0.15, 0.2) is 23.1 Å². The van der Waals surface area contributed by atoms with Gasteiger partial charge in [0.1, 0.15) is 0 Å². The van der Waals surface area contributed by atoms with E-state index in [9.17, 15) is 0 Å². The molecule has 1 aliphatic rings. The largest absolute Gasteiger partial charge is 0.0747 e. The van der Waals surface area contributed by atoms with Crippen molar-refractivity contribution in [2.24, 2.45) is 11.8 Å². The van der Waals surface area contributed by atoms with Crippen LogP contribution in [0.1, 0.15) is 40.0 Å². The maximum absolute atomic E-state index is 3.17. The van der Waals surface area contributed by atoms with E-state index in [1.165, 1.54) is 24.8 Å². The molecule has 0 N–H and O–H groups in total. The summed E-state index contributed by atoms with van der Waals surface area (Å²) >= 11 is 0. The van der Waals surface area contributed by atoms with E-state index in [1.807, 2.05) is 0 Å². The van der Waals surface area contributed by atoms with E-state index in [-0.39, 0.29) is 0 Å². The molecular formula is C12H18. The van der Waals surface area contributed by atoms with Crippen LogP contribution in [0.25, 0.3) is 0 Å². The smallest absolute Gasteiger partial charge is 0.00825 e. The fourth-order valence-corrected chi connectivity index (χ4v) is 1.51. The summed E-state index contributed by atoms with van der Waals surface area (Å²) in [4.78, 5) is 0. The number of hydrogen-bond donors (Lipinski definition) is 0. The number of hydrogen-bond acceptors (Lipinski definition) is 0. The highest BCUT2D eigenvalue weighted by atomic mass is 14.1. The summed E-state index contributed by atoms with van der Waals surface area (Å²) in [5, 5.41) is 0. The molecule has 66 valence electrons. The lowest BCUT2D eigenvalue weighted by molar-refractivity contribution is 0.468. The van der Waals surface area contributed by atoms with Gasteiger partial charge in [0.15, 0.2) is 0 Å². The third-order valence-electron chi connectivity index (χ3n) is 2.48. The molecule has 0 aromatic heterocycles. The highest BCUT2D eigenvalue weighted by molar-refractivity contribution is 5.09. The first-order valence-corrected chi connectivity index (χ1v) is 4.87. The minimum Gasteiger partial charge on any atom is -0.0747 e. The zero-order valence-electron chi connectivity index (χ0n) is 8.35. The van der Waals surface area contributed by atoms with Crippen molar-refractivity contribution in [1.82, 2.24) is 0 Å². The Bertz CT molecular complexity index is 233. The number of rotatable bonds is 3. The quantitative estimate of drug-likeness (QED) is 0.555. The highest BCUT2D eigenvalue weighted by Crippen LogP contribution is 2.24. The van der Waals surface area contributed by atoms with Crippen LogP contribution in [0.4, 0.5) is 0 Å². The minimum atomic E-state index is 0.744. The van der Waals surface area contributed by atoms with Crippen molar-refractivity contribution < 1.29 is 0 Å². The Balaban J connectivity index is 2.42. The Morgan fingerprint density at radius 3 is 2.92 bits per heavy atom. The van der Waals surface area contributed by atoms with Crippen LogP contribution in [-0.2, 0) is 0 Å². The molecule has 0 saturated heterocycles. The average molecular weight is 162 g/mol. The molecule has 0 spiro atoms. The van der Waals surface area contributed by atoms with E-state index in [0.717, 1.165) is 11.8 Å². The molecule has 1 unspecified atom stereocenters. The summed E-state index contributed by atoms with van der Waals surface area (Å²) < 4.78 is 0. The molecule has 1 atom stereocenters. The van der Waals surface area contributed by atoms with Crippen LogP contribution in [0, 0.1) is 11.8 Å². The van der Waals surface area contributed by atoms with Crippen LogP contribution in [0.3, 0.4) is 0 Å². The lowest BCUT2D eigenvalue weighted by Gasteiger charge is -2.16. The lowest BCUT2D eigenvalue weighted by atomic mass is 9.88. The molecule has 12 heavy (non-hydrogen) atoms. The molecular weight excluding hydrogens is 144 g/mol.